The van der Waals surface area contributed by atoms with Crippen LogP contribution in [0.2, 0.25) is 0 Å². The fraction of sp³-hybridized carbons (Fsp3) is 0.750. The van der Waals surface area contributed by atoms with Crippen molar-refractivity contribution in [1.82, 2.24) is 5.32 Å². The first kappa shape index (κ1) is 12.6. The van der Waals surface area contributed by atoms with E-state index in [1.807, 2.05) is 11.8 Å². The van der Waals surface area contributed by atoms with Gasteiger partial charge in [0.2, 0.25) is 0 Å². The zero-order valence-electron chi connectivity index (χ0n) is 7.44. The minimum atomic E-state index is 0.533. The van der Waals surface area contributed by atoms with Gasteiger partial charge in [0.05, 0.1) is 0 Å². The van der Waals surface area contributed by atoms with Crippen LogP contribution >= 0.6 is 35.0 Å². The molecule has 72 valence electrons. The van der Waals surface area contributed by atoms with Gasteiger partial charge in [0.25, 0.3) is 0 Å². The third-order valence-corrected chi connectivity index (χ3v) is 2.89. The largest absolute Gasteiger partial charge is 0.308 e. The molecule has 0 heterocycles. The van der Waals surface area contributed by atoms with Crippen LogP contribution in [0.3, 0.4) is 0 Å². The molecule has 0 rings (SSSR count). The van der Waals surface area contributed by atoms with Crippen molar-refractivity contribution in [2.75, 3.05) is 18.6 Å². The predicted octanol–water partition coefficient (Wildman–Crippen LogP) is 3.04. The molecule has 1 N–H and O–H groups in total. The van der Waals surface area contributed by atoms with Gasteiger partial charge in [-0.05, 0) is 12.7 Å². The molecule has 0 aliphatic heterocycles. The normalized spacial score (nSPS) is 14.8. The maximum absolute atomic E-state index is 5.73. The Morgan fingerprint density at radius 2 is 2.33 bits per heavy atom. The Labute approximate surface area is 88.9 Å². The molecule has 0 aliphatic rings. The molecule has 1 atom stereocenters. The van der Waals surface area contributed by atoms with E-state index in [9.17, 15) is 0 Å². The number of nitrogens with one attached hydrogen (secondary N) is 1. The standard InChI is InChI=1S/C8H15Cl2NS/c1-3-8(6-12-2)11-5-7(10)4-9/h4,8,11H,3,5-6H2,1-2H3. The maximum atomic E-state index is 5.73. The Morgan fingerprint density at radius 1 is 1.67 bits per heavy atom. The van der Waals surface area contributed by atoms with Crippen LogP contribution in [0, 0.1) is 0 Å². The summed E-state index contributed by atoms with van der Waals surface area (Å²) in [5.41, 5.74) is 1.40. The molecule has 0 saturated carbocycles. The zero-order valence-corrected chi connectivity index (χ0v) is 9.77. The first-order chi connectivity index (χ1) is 5.74. The minimum Gasteiger partial charge on any atom is -0.308 e. The van der Waals surface area contributed by atoms with E-state index in [-0.39, 0.29) is 0 Å². The summed E-state index contributed by atoms with van der Waals surface area (Å²) >= 11 is 13.0. The first-order valence-electron chi connectivity index (χ1n) is 3.91. The van der Waals surface area contributed by atoms with Crippen molar-refractivity contribution >= 4 is 35.0 Å². The second-order valence-corrected chi connectivity index (χ2v) is 4.11. The van der Waals surface area contributed by atoms with Gasteiger partial charge in [0, 0.05) is 28.9 Å². The summed E-state index contributed by atoms with van der Waals surface area (Å²) in [6, 6.07) is 0.533. The molecule has 0 aromatic carbocycles. The molecule has 0 radical (unpaired) electrons. The van der Waals surface area contributed by atoms with Crippen LogP contribution in [0.25, 0.3) is 0 Å². The molecule has 12 heavy (non-hydrogen) atoms. The molecule has 0 fully saturated rings. The van der Waals surface area contributed by atoms with Crippen LogP contribution in [-0.2, 0) is 0 Å². The minimum absolute atomic E-state index is 0.533. The molecule has 1 unspecified atom stereocenters. The average Bonchev–Trinajstić information content (AvgIpc) is 2.11. The highest BCUT2D eigenvalue weighted by Crippen LogP contribution is 2.04. The number of halogens is 2. The lowest BCUT2D eigenvalue weighted by Gasteiger charge is -2.14. The van der Waals surface area contributed by atoms with Gasteiger partial charge in [-0.2, -0.15) is 11.8 Å². The molecule has 0 amide bonds. The quantitative estimate of drug-likeness (QED) is 0.749. The highest BCUT2D eigenvalue weighted by atomic mass is 35.5. The summed E-state index contributed by atoms with van der Waals surface area (Å²) in [4.78, 5) is 0. The lowest BCUT2D eigenvalue weighted by atomic mass is 10.2. The van der Waals surface area contributed by atoms with Crippen molar-refractivity contribution in [3.63, 3.8) is 0 Å². The molecule has 0 spiro atoms. The Hall–Kier alpha value is 0.630. The third kappa shape index (κ3) is 6.18. The summed E-state index contributed by atoms with van der Waals surface area (Å²) < 4.78 is 0. The Bertz CT molecular complexity index is 139. The van der Waals surface area contributed by atoms with Crippen LogP contribution in [0.15, 0.2) is 10.6 Å². The molecule has 4 heteroatoms. The zero-order chi connectivity index (χ0) is 9.40. The third-order valence-electron chi connectivity index (χ3n) is 1.54. The van der Waals surface area contributed by atoms with Gasteiger partial charge in [-0.15, -0.1) is 0 Å². The second kappa shape index (κ2) is 8.24. The van der Waals surface area contributed by atoms with Crippen molar-refractivity contribution in [2.24, 2.45) is 0 Å². The monoisotopic (exact) mass is 227 g/mol. The maximum Gasteiger partial charge on any atom is 0.0432 e. The van der Waals surface area contributed by atoms with Crippen molar-refractivity contribution in [1.29, 1.82) is 0 Å². The fourth-order valence-corrected chi connectivity index (χ4v) is 1.71. The van der Waals surface area contributed by atoms with E-state index < -0.39 is 0 Å². The Morgan fingerprint density at radius 3 is 2.75 bits per heavy atom. The Kier molecular flexibility index (Phi) is 8.67. The molecular weight excluding hydrogens is 213 g/mol. The number of thioether (sulfide) groups is 1. The van der Waals surface area contributed by atoms with Crippen molar-refractivity contribution < 1.29 is 0 Å². The summed E-state index contributed by atoms with van der Waals surface area (Å²) in [5, 5.41) is 3.98. The molecule has 0 bridgehead atoms. The topological polar surface area (TPSA) is 12.0 Å². The molecule has 0 saturated heterocycles. The SMILES string of the molecule is CCC(CSC)NCC(Cl)=CCl. The van der Waals surface area contributed by atoms with Gasteiger partial charge in [-0.3, -0.25) is 0 Å². The van der Waals surface area contributed by atoms with E-state index in [0.29, 0.717) is 17.6 Å². The number of hydrogen-bond acceptors (Lipinski definition) is 2. The lowest BCUT2D eigenvalue weighted by molar-refractivity contribution is 0.573. The van der Waals surface area contributed by atoms with Crippen molar-refractivity contribution in [2.45, 2.75) is 19.4 Å². The van der Waals surface area contributed by atoms with Crippen molar-refractivity contribution in [3.05, 3.63) is 10.6 Å². The number of hydrogen-bond donors (Lipinski definition) is 1. The first-order valence-corrected chi connectivity index (χ1v) is 6.12. The summed E-state index contributed by atoms with van der Waals surface area (Å²) in [6.45, 7) is 2.83. The van der Waals surface area contributed by atoms with E-state index in [4.69, 9.17) is 23.2 Å². The van der Waals surface area contributed by atoms with E-state index in [2.05, 4.69) is 18.5 Å². The van der Waals surface area contributed by atoms with E-state index >= 15 is 0 Å². The van der Waals surface area contributed by atoms with Crippen LogP contribution in [0.1, 0.15) is 13.3 Å². The summed E-state index contributed by atoms with van der Waals surface area (Å²) in [5.74, 6) is 1.11. The molecular formula is C8H15Cl2NS. The molecule has 0 aromatic rings. The van der Waals surface area contributed by atoms with E-state index in [0.717, 1.165) is 12.2 Å². The Balaban J connectivity index is 3.57. The van der Waals surface area contributed by atoms with Gasteiger partial charge in [0.1, 0.15) is 0 Å². The summed E-state index contributed by atoms with van der Waals surface area (Å²) in [7, 11) is 0. The van der Waals surface area contributed by atoms with Crippen LogP contribution in [0.4, 0.5) is 0 Å². The highest BCUT2D eigenvalue weighted by Gasteiger charge is 2.03. The number of rotatable bonds is 6. The molecule has 0 aromatic heterocycles. The van der Waals surface area contributed by atoms with Crippen LogP contribution in [0.5, 0.6) is 0 Å². The van der Waals surface area contributed by atoms with E-state index in [1.165, 1.54) is 5.54 Å². The van der Waals surface area contributed by atoms with E-state index in [1.54, 1.807) is 0 Å². The second-order valence-electron chi connectivity index (χ2n) is 2.50. The predicted molar refractivity (Wildman–Crippen MR) is 60.3 cm³/mol. The average molecular weight is 228 g/mol. The van der Waals surface area contributed by atoms with Gasteiger partial charge >= 0.3 is 0 Å². The fourth-order valence-electron chi connectivity index (χ4n) is 0.803. The lowest BCUT2D eigenvalue weighted by Crippen LogP contribution is -2.31. The summed E-state index contributed by atoms with van der Waals surface area (Å²) in [6.07, 6.45) is 3.22. The van der Waals surface area contributed by atoms with Crippen molar-refractivity contribution in [3.8, 4) is 0 Å². The molecule has 1 nitrogen and oxygen atoms in total. The van der Waals surface area contributed by atoms with Gasteiger partial charge in [-0.25, -0.2) is 0 Å². The molecule has 0 aliphatic carbocycles. The van der Waals surface area contributed by atoms with Crippen LogP contribution in [-0.4, -0.2) is 24.6 Å². The smallest absolute Gasteiger partial charge is 0.0432 e. The van der Waals surface area contributed by atoms with Crippen LogP contribution < -0.4 is 5.32 Å². The van der Waals surface area contributed by atoms with Gasteiger partial charge < -0.3 is 5.32 Å². The van der Waals surface area contributed by atoms with Gasteiger partial charge in [-0.1, -0.05) is 30.1 Å². The highest BCUT2D eigenvalue weighted by molar-refractivity contribution is 7.98. The van der Waals surface area contributed by atoms with Gasteiger partial charge in [0.15, 0.2) is 0 Å².